The molecule has 0 spiro atoms. The van der Waals surface area contributed by atoms with E-state index in [0.717, 1.165) is 19.3 Å². The number of benzene rings is 1. The highest BCUT2D eigenvalue weighted by molar-refractivity contribution is 6.42. The van der Waals surface area contributed by atoms with Crippen LogP contribution >= 0.6 is 23.2 Å². The molecule has 0 saturated carbocycles. The first-order valence-corrected chi connectivity index (χ1v) is 8.18. The van der Waals surface area contributed by atoms with Crippen molar-refractivity contribution in [3.05, 3.63) is 33.8 Å². The molecular weight excluding hydrogens is 325 g/mol. The Bertz CT molecular complexity index is 587. The Morgan fingerprint density at radius 1 is 1.27 bits per heavy atom. The molecule has 6 heteroatoms. The number of rotatable bonds is 4. The minimum atomic E-state index is -1.04. The fraction of sp³-hybridized carbons (Fsp3) is 0.500. The lowest BCUT2D eigenvalue weighted by molar-refractivity contribution is 0.0334. The van der Waals surface area contributed by atoms with Gasteiger partial charge in [0.2, 0.25) is 0 Å². The van der Waals surface area contributed by atoms with Crippen LogP contribution in [0, 0.1) is 0 Å². The molecule has 1 amide bonds. The zero-order valence-electron chi connectivity index (χ0n) is 12.4. The molecule has 22 heavy (non-hydrogen) atoms. The van der Waals surface area contributed by atoms with E-state index in [-0.39, 0.29) is 5.78 Å². The molecule has 2 rings (SSSR count). The monoisotopic (exact) mass is 343 g/mol. The highest BCUT2D eigenvalue weighted by atomic mass is 35.5. The van der Waals surface area contributed by atoms with E-state index in [1.807, 2.05) is 6.92 Å². The second-order valence-electron chi connectivity index (χ2n) is 5.63. The normalized spacial score (nSPS) is 21.7. The zero-order valence-corrected chi connectivity index (χ0v) is 14.0. The van der Waals surface area contributed by atoms with Crippen LogP contribution in [0.15, 0.2) is 18.2 Å². The van der Waals surface area contributed by atoms with Gasteiger partial charge in [0.1, 0.15) is 5.54 Å². The van der Waals surface area contributed by atoms with Crippen molar-refractivity contribution in [1.29, 1.82) is 0 Å². The minimum Gasteiger partial charge on any atom is -0.465 e. The van der Waals surface area contributed by atoms with Gasteiger partial charge in [-0.1, -0.05) is 36.5 Å². The summed E-state index contributed by atoms with van der Waals surface area (Å²) in [4.78, 5) is 26.0. The Balaban J connectivity index is 2.46. The van der Waals surface area contributed by atoms with Crippen LogP contribution in [0.25, 0.3) is 0 Å². The van der Waals surface area contributed by atoms with E-state index in [1.54, 1.807) is 12.1 Å². The van der Waals surface area contributed by atoms with Crippen LogP contribution < -0.4 is 0 Å². The molecule has 4 nitrogen and oxygen atoms in total. The highest BCUT2D eigenvalue weighted by Gasteiger charge is 2.47. The average molecular weight is 344 g/mol. The molecule has 1 fully saturated rings. The van der Waals surface area contributed by atoms with E-state index >= 15 is 0 Å². The Labute approximate surface area is 140 Å². The maximum Gasteiger partial charge on any atom is 0.408 e. The lowest BCUT2D eigenvalue weighted by Crippen LogP contribution is -2.59. The lowest BCUT2D eigenvalue weighted by atomic mass is 9.77. The number of carbonyl (C=O) groups is 2. The molecule has 0 radical (unpaired) electrons. The van der Waals surface area contributed by atoms with E-state index < -0.39 is 11.6 Å². The molecular formula is C16H19Cl2NO3. The number of carboxylic acid groups (broad SMARTS) is 1. The average Bonchev–Trinajstić information content (AvgIpc) is 2.49. The quantitative estimate of drug-likeness (QED) is 0.792. The highest BCUT2D eigenvalue weighted by Crippen LogP contribution is 2.36. The number of hydrogen-bond acceptors (Lipinski definition) is 2. The minimum absolute atomic E-state index is 0.185. The van der Waals surface area contributed by atoms with Gasteiger partial charge in [-0.15, -0.1) is 0 Å². The third-order valence-electron chi connectivity index (χ3n) is 4.24. The number of halogens is 2. The van der Waals surface area contributed by atoms with E-state index in [0.29, 0.717) is 35.0 Å². The fourth-order valence-corrected chi connectivity index (χ4v) is 3.54. The number of amides is 1. The summed E-state index contributed by atoms with van der Waals surface area (Å²) >= 11 is 11.9. The predicted molar refractivity (Wildman–Crippen MR) is 87.0 cm³/mol. The Hall–Kier alpha value is -1.26. The number of ketones is 1. The number of likely N-dealkylation sites (tertiary alicyclic amines) is 1. The first-order valence-electron chi connectivity index (χ1n) is 7.43. The van der Waals surface area contributed by atoms with Crippen LogP contribution in [0.4, 0.5) is 4.79 Å². The first kappa shape index (κ1) is 17.1. The molecule has 1 heterocycles. The second-order valence-corrected chi connectivity index (χ2v) is 6.45. The Morgan fingerprint density at radius 3 is 2.59 bits per heavy atom. The predicted octanol–water partition coefficient (Wildman–Crippen LogP) is 4.88. The van der Waals surface area contributed by atoms with Crippen molar-refractivity contribution in [2.45, 2.75) is 44.6 Å². The van der Waals surface area contributed by atoms with Gasteiger partial charge in [0, 0.05) is 12.1 Å². The Morgan fingerprint density at radius 2 is 2.00 bits per heavy atom. The number of nitrogens with zero attached hydrogens (tertiary/aromatic N) is 1. The van der Waals surface area contributed by atoms with Crippen LogP contribution in [0.3, 0.4) is 0 Å². The van der Waals surface area contributed by atoms with Gasteiger partial charge in [-0.2, -0.15) is 0 Å². The van der Waals surface area contributed by atoms with Crippen molar-refractivity contribution in [1.82, 2.24) is 4.90 Å². The molecule has 1 aliphatic rings. The molecule has 1 aromatic rings. The maximum atomic E-state index is 13.1. The van der Waals surface area contributed by atoms with Crippen LogP contribution in [0.2, 0.25) is 10.0 Å². The lowest BCUT2D eigenvalue weighted by Gasteiger charge is -2.44. The number of piperidine rings is 1. The summed E-state index contributed by atoms with van der Waals surface area (Å²) in [6.45, 7) is 2.35. The van der Waals surface area contributed by atoms with Crippen molar-refractivity contribution in [2.24, 2.45) is 0 Å². The number of Topliss-reactive ketones (excluding diaryl/α,β-unsaturated/α-hetero) is 1. The van der Waals surface area contributed by atoms with Gasteiger partial charge in [-0.25, -0.2) is 4.79 Å². The third kappa shape index (κ3) is 3.08. The molecule has 1 saturated heterocycles. The van der Waals surface area contributed by atoms with Gasteiger partial charge in [0.25, 0.3) is 0 Å². The smallest absolute Gasteiger partial charge is 0.408 e. The van der Waals surface area contributed by atoms with E-state index in [9.17, 15) is 14.7 Å². The van der Waals surface area contributed by atoms with Crippen molar-refractivity contribution in [3.8, 4) is 0 Å². The summed E-state index contributed by atoms with van der Waals surface area (Å²) < 4.78 is 0. The summed E-state index contributed by atoms with van der Waals surface area (Å²) in [6.07, 6.45) is 2.38. The van der Waals surface area contributed by atoms with E-state index in [4.69, 9.17) is 23.2 Å². The maximum absolute atomic E-state index is 13.1. The third-order valence-corrected chi connectivity index (χ3v) is 4.98. The standard InChI is InChI=1S/C16H19Cl2NO3/c1-2-7-16(8-3-4-9-19(16)15(21)22)14(20)11-5-6-12(17)13(18)10-11/h5-6,10H,2-4,7-9H2,1H3,(H,21,22). The van der Waals surface area contributed by atoms with Crippen molar-refractivity contribution in [2.75, 3.05) is 6.54 Å². The molecule has 0 bridgehead atoms. The Kier molecular flexibility index (Phi) is 5.35. The van der Waals surface area contributed by atoms with Gasteiger partial charge < -0.3 is 5.11 Å². The summed E-state index contributed by atoms with van der Waals surface area (Å²) in [5.74, 6) is -0.185. The van der Waals surface area contributed by atoms with Crippen molar-refractivity contribution in [3.63, 3.8) is 0 Å². The molecule has 1 aromatic carbocycles. The summed E-state index contributed by atoms with van der Waals surface area (Å²) in [7, 11) is 0. The SMILES string of the molecule is CCCC1(C(=O)c2ccc(Cl)c(Cl)c2)CCCCN1C(=O)O. The molecule has 1 N–H and O–H groups in total. The second kappa shape index (κ2) is 6.88. The van der Waals surface area contributed by atoms with Gasteiger partial charge in [-0.3, -0.25) is 9.69 Å². The first-order chi connectivity index (χ1) is 10.4. The molecule has 0 aromatic heterocycles. The largest absolute Gasteiger partial charge is 0.465 e. The van der Waals surface area contributed by atoms with Crippen molar-refractivity contribution < 1.29 is 14.7 Å². The van der Waals surface area contributed by atoms with E-state index in [1.165, 1.54) is 11.0 Å². The molecule has 0 aliphatic carbocycles. The van der Waals surface area contributed by atoms with Gasteiger partial charge in [0.15, 0.2) is 5.78 Å². The summed E-state index contributed by atoms with van der Waals surface area (Å²) in [5, 5.41) is 10.2. The van der Waals surface area contributed by atoms with Gasteiger partial charge in [0.05, 0.1) is 10.0 Å². The number of carbonyl (C=O) groups excluding carboxylic acids is 1. The van der Waals surface area contributed by atoms with Gasteiger partial charge >= 0.3 is 6.09 Å². The zero-order chi connectivity index (χ0) is 16.3. The topological polar surface area (TPSA) is 57.6 Å². The van der Waals surface area contributed by atoms with Crippen molar-refractivity contribution >= 4 is 35.1 Å². The van der Waals surface area contributed by atoms with E-state index in [2.05, 4.69) is 0 Å². The fourth-order valence-electron chi connectivity index (χ4n) is 3.24. The van der Waals surface area contributed by atoms with Crippen LogP contribution in [0.5, 0.6) is 0 Å². The van der Waals surface area contributed by atoms with Crippen LogP contribution in [0.1, 0.15) is 49.4 Å². The number of hydrogen-bond donors (Lipinski definition) is 1. The molecule has 1 aliphatic heterocycles. The summed E-state index contributed by atoms with van der Waals surface area (Å²) in [5.41, 5.74) is -0.577. The molecule has 1 atom stereocenters. The van der Waals surface area contributed by atoms with Crippen LogP contribution in [-0.4, -0.2) is 34.0 Å². The van der Waals surface area contributed by atoms with Gasteiger partial charge in [-0.05, 0) is 43.9 Å². The molecule has 1 unspecified atom stereocenters. The summed E-state index contributed by atoms with van der Waals surface area (Å²) in [6, 6.07) is 4.71. The van der Waals surface area contributed by atoms with Crippen LogP contribution in [-0.2, 0) is 0 Å². The molecule has 120 valence electrons.